The Morgan fingerprint density at radius 2 is 1.50 bits per heavy atom. The van der Waals surface area contributed by atoms with Crippen LogP contribution < -0.4 is 5.32 Å². The Labute approximate surface area is 113 Å². The molecule has 0 aliphatic heterocycles. The summed E-state index contributed by atoms with van der Waals surface area (Å²) in [5, 5.41) is 3.60. The van der Waals surface area contributed by atoms with Gasteiger partial charge in [-0.05, 0) is 25.8 Å². The zero-order valence-electron chi connectivity index (χ0n) is 12.2. The summed E-state index contributed by atoms with van der Waals surface area (Å²) in [6.07, 6.45) is 14.8. The van der Waals surface area contributed by atoms with E-state index in [4.69, 9.17) is 0 Å². The molecule has 1 fully saturated rings. The molecule has 0 spiro atoms. The largest absolute Gasteiger partial charge is 0.314 e. The van der Waals surface area contributed by atoms with Crippen molar-refractivity contribution in [2.75, 3.05) is 6.54 Å². The molecule has 1 aliphatic rings. The molecular formula is C16H31NO. The van der Waals surface area contributed by atoms with E-state index >= 15 is 0 Å². The van der Waals surface area contributed by atoms with E-state index in [0.717, 1.165) is 32.2 Å². The molecule has 0 atom stereocenters. The molecule has 1 rings (SSSR count). The Kier molecular flexibility index (Phi) is 9.19. The van der Waals surface area contributed by atoms with Gasteiger partial charge in [0.05, 0.1) is 0 Å². The van der Waals surface area contributed by atoms with Crippen molar-refractivity contribution in [3.8, 4) is 0 Å². The maximum absolute atomic E-state index is 11.1. The van der Waals surface area contributed by atoms with E-state index in [1.165, 1.54) is 51.4 Å². The van der Waals surface area contributed by atoms with Gasteiger partial charge in [0, 0.05) is 18.9 Å². The van der Waals surface area contributed by atoms with Crippen molar-refractivity contribution in [3.63, 3.8) is 0 Å². The van der Waals surface area contributed by atoms with Gasteiger partial charge in [-0.25, -0.2) is 0 Å². The lowest BCUT2D eigenvalue weighted by molar-refractivity contribution is -0.120. The summed E-state index contributed by atoms with van der Waals surface area (Å²) in [6, 6.07) is 0.618. The van der Waals surface area contributed by atoms with Crippen LogP contribution in [0.2, 0.25) is 0 Å². The van der Waals surface area contributed by atoms with Crippen LogP contribution in [-0.2, 0) is 4.79 Å². The average molecular weight is 253 g/mol. The van der Waals surface area contributed by atoms with Crippen LogP contribution in [0.5, 0.6) is 0 Å². The number of Topliss-reactive ketones (excluding diaryl/α,β-unsaturated/α-hetero) is 1. The van der Waals surface area contributed by atoms with Crippen LogP contribution in [0.1, 0.15) is 84.0 Å². The smallest absolute Gasteiger partial charge is 0.133 e. The van der Waals surface area contributed by atoms with Gasteiger partial charge in [0.15, 0.2) is 0 Å². The minimum atomic E-state index is 0.458. The lowest BCUT2D eigenvalue weighted by Crippen LogP contribution is -2.33. The van der Waals surface area contributed by atoms with Crippen molar-refractivity contribution in [1.82, 2.24) is 5.32 Å². The van der Waals surface area contributed by atoms with Crippen LogP contribution in [0.25, 0.3) is 0 Å². The van der Waals surface area contributed by atoms with Crippen molar-refractivity contribution < 1.29 is 4.79 Å². The molecule has 2 heteroatoms. The Morgan fingerprint density at radius 1 is 0.944 bits per heavy atom. The number of hydrogen-bond donors (Lipinski definition) is 1. The highest BCUT2D eigenvalue weighted by molar-refractivity contribution is 5.79. The lowest BCUT2D eigenvalue weighted by Gasteiger charge is -2.22. The zero-order chi connectivity index (χ0) is 13.1. The van der Waals surface area contributed by atoms with E-state index in [0.29, 0.717) is 11.8 Å². The first kappa shape index (κ1) is 15.7. The maximum atomic E-state index is 11.1. The normalized spacial score (nSPS) is 17.3. The highest BCUT2D eigenvalue weighted by Crippen LogP contribution is 2.15. The third kappa shape index (κ3) is 7.86. The third-order valence-corrected chi connectivity index (χ3v) is 4.01. The second-order valence-electron chi connectivity index (χ2n) is 5.74. The molecule has 0 radical (unpaired) electrons. The van der Waals surface area contributed by atoms with Gasteiger partial charge >= 0.3 is 0 Å². The molecule has 0 aromatic carbocycles. The summed E-state index contributed by atoms with van der Waals surface area (Å²) < 4.78 is 0. The first-order chi connectivity index (χ1) is 8.83. The summed E-state index contributed by atoms with van der Waals surface area (Å²) >= 11 is 0. The first-order valence-electron chi connectivity index (χ1n) is 8.08. The van der Waals surface area contributed by atoms with Crippen LogP contribution >= 0.6 is 0 Å². The molecule has 0 heterocycles. The minimum absolute atomic E-state index is 0.458. The number of rotatable bonds is 10. The molecule has 0 bridgehead atoms. The highest BCUT2D eigenvalue weighted by atomic mass is 16.1. The molecule has 0 aromatic heterocycles. The predicted molar refractivity (Wildman–Crippen MR) is 77.9 cm³/mol. The molecule has 0 unspecified atom stereocenters. The zero-order valence-corrected chi connectivity index (χ0v) is 12.2. The molecule has 1 saturated carbocycles. The number of hydrogen-bond acceptors (Lipinski definition) is 2. The van der Waals surface area contributed by atoms with Crippen molar-refractivity contribution in [1.29, 1.82) is 0 Å². The Hall–Kier alpha value is -0.370. The van der Waals surface area contributed by atoms with Gasteiger partial charge in [-0.1, -0.05) is 51.9 Å². The van der Waals surface area contributed by atoms with E-state index in [2.05, 4.69) is 12.2 Å². The summed E-state index contributed by atoms with van der Waals surface area (Å²) in [5.74, 6) is 0.458. The molecule has 106 valence electrons. The molecule has 0 amide bonds. The fourth-order valence-electron chi connectivity index (χ4n) is 2.71. The first-order valence-corrected chi connectivity index (χ1v) is 8.08. The fraction of sp³-hybridized carbons (Fsp3) is 0.938. The Bertz CT molecular complexity index is 205. The number of carbonyl (C=O) groups is 1. The number of carbonyl (C=O) groups excluding carboxylic acids is 1. The predicted octanol–water partition coefficient (Wildman–Crippen LogP) is 4.23. The second-order valence-corrected chi connectivity index (χ2v) is 5.74. The summed E-state index contributed by atoms with van der Waals surface area (Å²) in [7, 11) is 0. The molecule has 0 saturated heterocycles. The molecule has 1 aliphatic carbocycles. The van der Waals surface area contributed by atoms with Crippen LogP contribution in [-0.4, -0.2) is 18.4 Å². The van der Waals surface area contributed by atoms with Crippen molar-refractivity contribution in [3.05, 3.63) is 0 Å². The number of nitrogens with one attached hydrogen (secondary N) is 1. The molecule has 0 aromatic rings. The van der Waals surface area contributed by atoms with E-state index in [1.54, 1.807) is 0 Å². The third-order valence-electron chi connectivity index (χ3n) is 4.01. The molecule has 18 heavy (non-hydrogen) atoms. The number of ketones is 1. The van der Waals surface area contributed by atoms with Crippen LogP contribution in [0, 0.1) is 0 Å². The lowest BCUT2D eigenvalue weighted by atomic mass is 9.94. The van der Waals surface area contributed by atoms with Crippen LogP contribution in [0.15, 0.2) is 0 Å². The van der Waals surface area contributed by atoms with Crippen molar-refractivity contribution >= 4 is 5.78 Å². The Balaban J connectivity index is 1.80. The maximum Gasteiger partial charge on any atom is 0.133 e. The van der Waals surface area contributed by atoms with Crippen LogP contribution in [0.3, 0.4) is 0 Å². The van der Waals surface area contributed by atoms with Gasteiger partial charge in [0.2, 0.25) is 0 Å². The SMILES string of the molecule is CCCCCCCCCCNC1CCC(=O)CC1. The fourth-order valence-corrected chi connectivity index (χ4v) is 2.71. The monoisotopic (exact) mass is 253 g/mol. The van der Waals surface area contributed by atoms with E-state index in [9.17, 15) is 4.79 Å². The van der Waals surface area contributed by atoms with Gasteiger partial charge in [0.1, 0.15) is 5.78 Å². The minimum Gasteiger partial charge on any atom is -0.314 e. The van der Waals surface area contributed by atoms with Gasteiger partial charge in [-0.3, -0.25) is 4.79 Å². The number of unbranched alkanes of at least 4 members (excludes halogenated alkanes) is 7. The average Bonchev–Trinajstić information content (AvgIpc) is 2.39. The second kappa shape index (κ2) is 10.5. The topological polar surface area (TPSA) is 29.1 Å². The van der Waals surface area contributed by atoms with Crippen molar-refractivity contribution in [2.24, 2.45) is 0 Å². The van der Waals surface area contributed by atoms with Gasteiger partial charge < -0.3 is 5.32 Å². The standard InChI is InChI=1S/C16H31NO/c1-2-3-4-5-6-7-8-9-14-17-15-10-12-16(18)13-11-15/h15,17H,2-14H2,1H3. The Morgan fingerprint density at radius 3 is 2.11 bits per heavy atom. The van der Waals surface area contributed by atoms with E-state index < -0.39 is 0 Å². The quantitative estimate of drug-likeness (QED) is 0.590. The van der Waals surface area contributed by atoms with Crippen LogP contribution in [0.4, 0.5) is 0 Å². The summed E-state index contributed by atoms with van der Waals surface area (Å²) in [6.45, 7) is 3.41. The van der Waals surface area contributed by atoms with E-state index in [-0.39, 0.29) is 0 Å². The summed E-state index contributed by atoms with van der Waals surface area (Å²) in [4.78, 5) is 11.1. The summed E-state index contributed by atoms with van der Waals surface area (Å²) in [5.41, 5.74) is 0. The molecule has 1 N–H and O–H groups in total. The molecular weight excluding hydrogens is 222 g/mol. The van der Waals surface area contributed by atoms with Gasteiger partial charge in [0.25, 0.3) is 0 Å². The highest BCUT2D eigenvalue weighted by Gasteiger charge is 2.17. The molecule has 2 nitrogen and oxygen atoms in total. The van der Waals surface area contributed by atoms with E-state index in [1.807, 2.05) is 0 Å². The van der Waals surface area contributed by atoms with Crippen molar-refractivity contribution in [2.45, 2.75) is 90.0 Å². The van der Waals surface area contributed by atoms with Gasteiger partial charge in [-0.15, -0.1) is 0 Å². The van der Waals surface area contributed by atoms with Gasteiger partial charge in [-0.2, -0.15) is 0 Å².